The second-order valence-electron chi connectivity index (χ2n) is 16.2. The zero-order valence-corrected chi connectivity index (χ0v) is 36.6. The molecule has 0 aromatic carbocycles. The molecular formula is C47H100O6. The van der Waals surface area contributed by atoms with Crippen LogP contribution in [0, 0.1) is 23.7 Å². The van der Waals surface area contributed by atoms with Crippen LogP contribution in [0.25, 0.3) is 0 Å². The molecule has 0 saturated heterocycles. The molecule has 0 aromatic rings. The number of rotatable bonds is 40. The Morgan fingerprint density at radius 2 is 0.547 bits per heavy atom. The Bertz CT molecular complexity index is 584. The lowest BCUT2D eigenvalue weighted by molar-refractivity contribution is 0.142. The highest BCUT2D eigenvalue weighted by atomic mass is 16.3. The van der Waals surface area contributed by atoms with Crippen molar-refractivity contribution in [2.45, 2.75) is 240 Å². The predicted octanol–water partition coefficient (Wildman–Crippen LogP) is 12.3. The van der Waals surface area contributed by atoms with Gasteiger partial charge < -0.3 is 30.6 Å². The largest absolute Gasteiger partial charge is 0.396 e. The lowest BCUT2D eigenvalue weighted by Crippen LogP contribution is -2.18. The number of hydrogen-bond donors (Lipinski definition) is 6. The van der Waals surface area contributed by atoms with E-state index in [1.165, 1.54) is 173 Å². The van der Waals surface area contributed by atoms with Crippen molar-refractivity contribution in [3.63, 3.8) is 0 Å². The summed E-state index contributed by atoms with van der Waals surface area (Å²) in [7, 11) is 0. The van der Waals surface area contributed by atoms with Crippen molar-refractivity contribution >= 4 is 0 Å². The molecular weight excluding hydrogens is 661 g/mol. The quantitative estimate of drug-likeness (QED) is 0.0346. The Balaban J connectivity index is -0.000000744. The lowest BCUT2D eigenvalue weighted by atomic mass is 9.86. The highest BCUT2D eigenvalue weighted by Crippen LogP contribution is 2.22. The Labute approximate surface area is 332 Å². The highest BCUT2D eigenvalue weighted by molar-refractivity contribution is 4.66. The van der Waals surface area contributed by atoms with Gasteiger partial charge in [-0.2, -0.15) is 0 Å². The molecule has 0 bridgehead atoms. The summed E-state index contributed by atoms with van der Waals surface area (Å²) in [4.78, 5) is 0. The van der Waals surface area contributed by atoms with Gasteiger partial charge in [-0.15, -0.1) is 0 Å². The van der Waals surface area contributed by atoms with Crippen molar-refractivity contribution in [3.8, 4) is 0 Å². The van der Waals surface area contributed by atoms with E-state index < -0.39 is 0 Å². The van der Waals surface area contributed by atoms with E-state index in [2.05, 4.69) is 27.7 Å². The molecule has 0 spiro atoms. The van der Waals surface area contributed by atoms with Gasteiger partial charge in [0, 0.05) is 39.6 Å². The first kappa shape index (κ1) is 57.1. The first-order valence-corrected chi connectivity index (χ1v) is 23.6. The Hall–Kier alpha value is -0.240. The molecule has 6 heteroatoms. The molecule has 0 aliphatic heterocycles. The molecule has 4 unspecified atom stereocenters. The fourth-order valence-corrected chi connectivity index (χ4v) is 7.49. The van der Waals surface area contributed by atoms with Crippen LogP contribution in [0.2, 0.25) is 0 Å². The van der Waals surface area contributed by atoms with Crippen molar-refractivity contribution < 1.29 is 30.6 Å². The molecule has 0 amide bonds. The van der Waals surface area contributed by atoms with Gasteiger partial charge in [0.2, 0.25) is 0 Å². The zero-order valence-electron chi connectivity index (χ0n) is 36.6. The monoisotopic (exact) mass is 761 g/mol. The van der Waals surface area contributed by atoms with E-state index in [0.29, 0.717) is 50.1 Å². The summed E-state index contributed by atoms with van der Waals surface area (Å²) in [6, 6.07) is 0. The maximum Gasteiger partial charge on any atom is 0.0461 e. The van der Waals surface area contributed by atoms with Crippen LogP contribution in [-0.4, -0.2) is 70.3 Å². The molecule has 53 heavy (non-hydrogen) atoms. The van der Waals surface area contributed by atoms with E-state index >= 15 is 0 Å². The van der Waals surface area contributed by atoms with Crippen LogP contribution in [0.15, 0.2) is 0 Å². The molecule has 0 radical (unpaired) electrons. The topological polar surface area (TPSA) is 121 Å². The zero-order chi connectivity index (χ0) is 39.9. The van der Waals surface area contributed by atoms with E-state index in [0.717, 1.165) is 38.5 Å². The maximum absolute atomic E-state index is 9.44. The third kappa shape index (κ3) is 46.0. The fraction of sp³-hybridized carbons (Fsp3) is 1.00. The first-order chi connectivity index (χ1) is 26.0. The summed E-state index contributed by atoms with van der Waals surface area (Å²) in [5.41, 5.74) is 0. The fourth-order valence-electron chi connectivity index (χ4n) is 7.49. The van der Waals surface area contributed by atoms with Crippen molar-refractivity contribution in [3.05, 3.63) is 0 Å². The second kappa shape index (κ2) is 51.8. The summed E-state index contributed by atoms with van der Waals surface area (Å²) < 4.78 is 0. The number of aliphatic hydroxyl groups is 6. The van der Waals surface area contributed by atoms with Crippen LogP contribution in [0.1, 0.15) is 240 Å². The minimum atomic E-state index is 0.245. The molecule has 0 heterocycles. The normalized spacial score (nSPS) is 13.5. The highest BCUT2D eigenvalue weighted by Gasteiger charge is 2.16. The standard InChI is InChI=1S/2C19H40O2.C9H20O2/c1-2-3-4-5-9-12-15-19(18-21)16-13-10-7-6-8-11-14-17-20;1-2-3-4-5-6-9-12-15-19(18-21)16-13-10-7-8-11-14-17-20;1-3-8(5-6-10)9(4-2)7-11/h2*19-21H,2-18H2,1H3;8-11H,3-7H2,1-2H3. The average molecular weight is 761 g/mol. The number of aliphatic hydroxyl groups excluding tert-OH is 6. The lowest BCUT2D eigenvalue weighted by Gasteiger charge is -2.22. The summed E-state index contributed by atoms with van der Waals surface area (Å²) >= 11 is 0. The van der Waals surface area contributed by atoms with Crippen LogP contribution in [0.3, 0.4) is 0 Å². The molecule has 6 nitrogen and oxygen atoms in total. The van der Waals surface area contributed by atoms with E-state index in [4.69, 9.17) is 20.4 Å². The minimum Gasteiger partial charge on any atom is -0.396 e. The second-order valence-corrected chi connectivity index (χ2v) is 16.2. The molecule has 0 aliphatic rings. The third-order valence-corrected chi connectivity index (χ3v) is 11.4. The molecule has 0 saturated carbocycles. The average Bonchev–Trinajstić information content (AvgIpc) is 3.18. The van der Waals surface area contributed by atoms with Gasteiger partial charge in [0.15, 0.2) is 0 Å². The Kier molecular flexibility index (Phi) is 55.8. The van der Waals surface area contributed by atoms with Gasteiger partial charge in [-0.25, -0.2) is 0 Å². The smallest absolute Gasteiger partial charge is 0.0461 e. The number of unbranched alkanes of at least 4 members (excludes halogenated alkanes) is 22. The molecule has 0 aromatic heterocycles. The Morgan fingerprint density at radius 1 is 0.264 bits per heavy atom. The maximum atomic E-state index is 9.44. The SMILES string of the molecule is CCC(CO)C(CC)CCO.CCCCCCCCC(CO)CCCCCCCCCO.CCCCCCCCCC(CO)CCCCCCCCO. The molecule has 0 aliphatic carbocycles. The van der Waals surface area contributed by atoms with E-state index in [-0.39, 0.29) is 13.2 Å². The first-order valence-electron chi connectivity index (χ1n) is 23.6. The van der Waals surface area contributed by atoms with Crippen molar-refractivity contribution in [1.82, 2.24) is 0 Å². The van der Waals surface area contributed by atoms with Crippen LogP contribution in [-0.2, 0) is 0 Å². The van der Waals surface area contributed by atoms with Gasteiger partial charge >= 0.3 is 0 Å². The van der Waals surface area contributed by atoms with Crippen LogP contribution in [0.5, 0.6) is 0 Å². The molecule has 0 rings (SSSR count). The summed E-state index contributed by atoms with van der Waals surface area (Å²) in [6.45, 7) is 10.7. The van der Waals surface area contributed by atoms with Gasteiger partial charge in [-0.05, 0) is 68.6 Å². The summed E-state index contributed by atoms with van der Waals surface area (Å²) in [6.07, 6.45) is 41.2. The van der Waals surface area contributed by atoms with Gasteiger partial charge in [-0.1, -0.05) is 195 Å². The minimum absolute atomic E-state index is 0.245. The van der Waals surface area contributed by atoms with Gasteiger partial charge in [-0.3, -0.25) is 0 Å². The van der Waals surface area contributed by atoms with Gasteiger partial charge in [0.25, 0.3) is 0 Å². The molecule has 6 N–H and O–H groups in total. The Morgan fingerprint density at radius 3 is 0.774 bits per heavy atom. The van der Waals surface area contributed by atoms with Crippen molar-refractivity contribution in [2.24, 2.45) is 23.7 Å². The van der Waals surface area contributed by atoms with Crippen molar-refractivity contribution in [2.75, 3.05) is 39.6 Å². The van der Waals surface area contributed by atoms with Crippen LogP contribution >= 0.6 is 0 Å². The van der Waals surface area contributed by atoms with Crippen molar-refractivity contribution in [1.29, 1.82) is 0 Å². The van der Waals surface area contributed by atoms with Crippen LogP contribution < -0.4 is 0 Å². The molecule has 0 fully saturated rings. The van der Waals surface area contributed by atoms with E-state index in [1.54, 1.807) is 0 Å². The summed E-state index contributed by atoms with van der Waals surface area (Å²) in [5, 5.41) is 54.0. The number of hydrogen-bond acceptors (Lipinski definition) is 6. The molecule has 4 atom stereocenters. The van der Waals surface area contributed by atoms with E-state index in [9.17, 15) is 10.2 Å². The van der Waals surface area contributed by atoms with Gasteiger partial charge in [0.1, 0.15) is 0 Å². The summed E-state index contributed by atoms with van der Waals surface area (Å²) in [5.74, 6) is 1.96. The predicted molar refractivity (Wildman–Crippen MR) is 232 cm³/mol. The van der Waals surface area contributed by atoms with Crippen LogP contribution in [0.4, 0.5) is 0 Å². The van der Waals surface area contributed by atoms with E-state index in [1.807, 2.05) is 0 Å². The molecule has 324 valence electrons. The van der Waals surface area contributed by atoms with Gasteiger partial charge in [0.05, 0.1) is 0 Å². The third-order valence-electron chi connectivity index (χ3n) is 11.4.